The Morgan fingerprint density at radius 1 is 0.757 bits per heavy atom. The second kappa shape index (κ2) is 10.9. The van der Waals surface area contributed by atoms with Gasteiger partial charge in [0.1, 0.15) is 5.75 Å². The number of carbonyl (C=O) groups excluding carboxylic acids is 2. The number of hydrogen-bond donors (Lipinski definition) is 2. The third-order valence-corrected chi connectivity index (χ3v) is 5.51. The molecule has 0 aromatic heterocycles. The van der Waals surface area contributed by atoms with Crippen molar-refractivity contribution in [1.29, 1.82) is 0 Å². The van der Waals surface area contributed by atoms with Crippen LogP contribution in [0, 0.1) is 0 Å². The normalized spacial score (nSPS) is 11.7. The van der Waals surface area contributed by atoms with E-state index in [1.165, 1.54) is 30.3 Å². The molecule has 0 unspecified atom stereocenters. The second-order valence-electron chi connectivity index (χ2n) is 7.44. The SMILES string of the molecule is CCOc1cc(C(=O)Nc2ccc(Cl)c(C(F)(F)F)c2)ccc1C(=O)Nc1ccc(Cl)c(C(F)(F)F)c1. The average Bonchev–Trinajstić information content (AvgIpc) is 2.80. The molecule has 0 atom stereocenters. The van der Waals surface area contributed by atoms with Gasteiger partial charge in [0.05, 0.1) is 33.3 Å². The summed E-state index contributed by atoms with van der Waals surface area (Å²) in [5.41, 5.74) is -2.80. The summed E-state index contributed by atoms with van der Waals surface area (Å²) in [7, 11) is 0. The zero-order valence-electron chi connectivity index (χ0n) is 18.7. The lowest BCUT2D eigenvalue weighted by atomic mass is 10.1. The number of rotatable bonds is 6. The predicted molar refractivity (Wildman–Crippen MR) is 126 cm³/mol. The van der Waals surface area contributed by atoms with Gasteiger partial charge >= 0.3 is 12.4 Å². The third-order valence-electron chi connectivity index (χ3n) is 4.85. The minimum atomic E-state index is -4.74. The van der Waals surface area contributed by atoms with Crippen LogP contribution in [0.4, 0.5) is 37.7 Å². The van der Waals surface area contributed by atoms with E-state index >= 15 is 0 Å². The van der Waals surface area contributed by atoms with E-state index in [-0.39, 0.29) is 34.9 Å². The van der Waals surface area contributed by atoms with E-state index in [2.05, 4.69) is 10.6 Å². The maximum absolute atomic E-state index is 13.1. The molecule has 3 aromatic rings. The van der Waals surface area contributed by atoms with Crippen molar-refractivity contribution in [2.24, 2.45) is 0 Å². The highest BCUT2D eigenvalue weighted by Crippen LogP contribution is 2.37. The van der Waals surface area contributed by atoms with Crippen molar-refractivity contribution in [2.45, 2.75) is 19.3 Å². The zero-order chi connectivity index (χ0) is 27.5. The van der Waals surface area contributed by atoms with Crippen molar-refractivity contribution in [3.8, 4) is 5.75 Å². The molecule has 2 amide bonds. The summed E-state index contributed by atoms with van der Waals surface area (Å²) in [6, 6.07) is 9.25. The van der Waals surface area contributed by atoms with Gasteiger partial charge in [0.2, 0.25) is 0 Å². The third kappa shape index (κ3) is 6.86. The number of ether oxygens (including phenoxy) is 1. The average molecular weight is 565 g/mol. The van der Waals surface area contributed by atoms with Gasteiger partial charge in [-0.3, -0.25) is 9.59 Å². The predicted octanol–water partition coefficient (Wildman–Crippen LogP) is 7.93. The Balaban J connectivity index is 1.85. The molecular weight excluding hydrogens is 549 g/mol. The van der Waals surface area contributed by atoms with Gasteiger partial charge in [-0.1, -0.05) is 23.2 Å². The molecule has 196 valence electrons. The van der Waals surface area contributed by atoms with Crippen LogP contribution in [0.25, 0.3) is 0 Å². The summed E-state index contributed by atoms with van der Waals surface area (Å²) in [6.07, 6.45) is -9.48. The number of benzene rings is 3. The molecule has 0 heterocycles. The number of alkyl halides is 6. The molecule has 0 saturated heterocycles. The summed E-state index contributed by atoms with van der Waals surface area (Å²) >= 11 is 11.2. The number of halogens is 8. The molecule has 0 saturated carbocycles. The van der Waals surface area contributed by atoms with Gasteiger partial charge in [0.25, 0.3) is 11.8 Å². The highest BCUT2D eigenvalue weighted by molar-refractivity contribution is 6.32. The molecule has 0 aliphatic heterocycles. The highest BCUT2D eigenvalue weighted by Gasteiger charge is 2.34. The first kappa shape index (κ1) is 28.1. The summed E-state index contributed by atoms with van der Waals surface area (Å²) < 4.78 is 84.0. The van der Waals surface area contributed by atoms with Crippen molar-refractivity contribution < 1.29 is 40.7 Å². The Morgan fingerprint density at radius 3 is 1.70 bits per heavy atom. The lowest BCUT2D eigenvalue weighted by Crippen LogP contribution is -2.17. The first-order valence-corrected chi connectivity index (χ1v) is 11.1. The van der Waals surface area contributed by atoms with Crippen LogP contribution in [0.1, 0.15) is 38.8 Å². The molecule has 2 N–H and O–H groups in total. The van der Waals surface area contributed by atoms with E-state index in [1.807, 2.05) is 0 Å². The number of carbonyl (C=O) groups is 2. The molecule has 37 heavy (non-hydrogen) atoms. The van der Waals surface area contributed by atoms with Gasteiger partial charge in [-0.05, 0) is 61.5 Å². The summed E-state index contributed by atoms with van der Waals surface area (Å²) in [6.45, 7) is 1.66. The van der Waals surface area contributed by atoms with E-state index in [0.29, 0.717) is 12.1 Å². The van der Waals surface area contributed by atoms with Crippen molar-refractivity contribution >= 4 is 46.4 Å². The highest BCUT2D eigenvalue weighted by atomic mass is 35.5. The van der Waals surface area contributed by atoms with Gasteiger partial charge in [-0.15, -0.1) is 0 Å². The molecule has 5 nitrogen and oxygen atoms in total. The topological polar surface area (TPSA) is 67.4 Å². The van der Waals surface area contributed by atoms with E-state index < -0.39 is 45.3 Å². The quantitative estimate of drug-likeness (QED) is 0.299. The minimum absolute atomic E-state index is 0.0608. The van der Waals surface area contributed by atoms with Gasteiger partial charge < -0.3 is 15.4 Å². The van der Waals surface area contributed by atoms with Gasteiger partial charge in [0.15, 0.2) is 0 Å². The molecule has 0 radical (unpaired) electrons. The Morgan fingerprint density at radius 2 is 1.24 bits per heavy atom. The van der Waals surface area contributed by atoms with Crippen LogP contribution in [0.3, 0.4) is 0 Å². The fourth-order valence-corrected chi connectivity index (χ4v) is 3.62. The standard InChI is InChI=1S/C24H16Cl2F6N2O3/c1-2-37-20-9-12(21(35)33-13-4-7-18(25)16(10-13)23(27,28)29)3-6-15(20)22(36)34-14-5-8-19(26)17(11-14)24(30,31)32/h3-11H,2H2,1H3,(H,33,35)(H,34,36). The zero-order valence-corrected chi connectivity index (χ0v) is 20.2. The molecule has 3 rings (SSSR count). The van der Waals surface area contributed by atoms with Crippen LogP contribution in [0.2, 0.25) is 10.0 Å². The maximum atomic E-state index is 13.1. The molecule has 0 aliphatic carbocycles. The van der Waals surface area contributed by atoms with Crippen LogP contribution in [0.15, 0.2) is 54.6 Å². The maximum Gasteiger partial charge on any atom is 0.417 e. The van der Waals surface area contributed by atoms with E-state index in [4.69, 9.17) is 27.9 Å². The first-order chi connectivity index (χ1) is 17.2. The summed E-state index contributed by atoms with van der Waals surface area (Å²) in [5.74, 6) is -1.72. The summed E-state index contributed by atoms with van der Waals surface area (Å²) in [4.78, 5) is 25.4. The van der Waals surface area contributed by atoms with Gasteiger partial charge in [0, 0.05) is 16.9 Å². The fourth-order valence-electron chi connectivity index (χ4n) is 3.17. The van der Waals surface area contributed by atoms with Gasteiger partial charge in [-0.2, -0.15) is 26.3 Å². The lowest BCUT2D eigenvalue weighted by molar-refractivity contribution is -0.138. The first-order valence-electron chi connectivity index (χ1n) is 10.3. The smallest absolute Gasteiger partial charge is 0.417 e. The van der Waals surface area contributed by atoms with Crippen LogP contribution in [-0.4, -0.2) is 18.4 Å². The van der Waals surface area contributed by atoms with E-state index in [9.17, 15) is 35.9 Å². The fraction of sp³-hybridized carbons (Fsp3) is 0.167. The van der Waals surface area contributed by atoms with E-state index in [0.717, 1.165) is 12.1 Å². The lowest BCUT2D eigenvalue weighted by Gasteiger charge is -2.15. The Bertz CT molecular complexity index is 1340. The Kier molecular flexibility index (Phi) is 8.28. The van der Waals surface area contributed by atoms with Crippen LogP contribution in [0.5, 0.6) is 5.75 Å². The minimum Gasteiger partial charge on any atom is -0.493 e. The monoisotopic (exact) mass is 564 g/mol. The number of amides is 2. The molecule has 13 heteroatoms. The van der Waals surface area contributed by atoms with Crippen molar-refractivity contribution in [2.75, 3.05) is 17.2 Å². The van der Waals surface area contributed by atoms with Crippen molar-refractivity contribution in [1.82, 2.24) is 0 Å². The largest absolute Gasteiger partial charge is 0.493 e. The van der Waals surface area contributed by atoms with Gasteiger partial charge in [-0.25, -0.2) is 0 Å². The van der Waals surface area contributed by atoms with Crippen LogP contribution in [-0.2, 0) is 12.4 Å². The number of anilines is 2. The van der Waals surface area contributed by atoms with Crippen molar-refractivity contribution in [3.63, 3.8) is 0 Å². The molecule has 0 spiro atoms. The molecular formula is C24H16Cl2F6N2O3. The van der Waals surface area contributed by atoms with Crippen LogP contribution >= 0.6 is 23.2 Å². The number of hydrogen-bond acceptors (Lipinski definition) is 3. The second-order valence-corrected chi connectivity index (χ2v) is 8.25. The molecule has 3 aromatic carbocycles. The molecule has 0 fully saturated rings. The van der Waals surface area contributed by atoms with Crippen molar-refractivity contribution in [3.05, 3.63) is 86.9 Å². The summed E-state index contributed by atoms with van der Waals surface area (Å²) in [5, 5.41) is 3.54. The van der Waals surface area contributed by atoms with E-state index in [1.54, 1.807) is 6.92 Å². The Labute approximate surface area is 216 Å². The van der Waals surface area contributed by atoms with Crippen LogP contribution < -0.4 is 15.4 Å². The molecule has 0 bridgehead atoms. The number of nitrogens with one attached hydrogen (secondary N) is 2. The Hall–Kier alpha value is -3.44. The molecule has 0 aliphatic rings.